The molecule has 0 amide bonds. The summed E-state index contributed by atoms with van der Waals surface area (Å²) in [7, 11) is 0. The lowest BCUT2D eigenvalue weighted by molar-refractivity contribution is -0.140. The molecule has 1 unspecified atom stereocenters. The van der Waals surface area contributed by atoms with Gasteiger partial charge in [-0.05, 0) is 25.5 Å². The lowest BCUT2D eigenvalue weighted by Gasteiger charge is -2.10. The maximum Gasteiger partial charge on any atom is 0.333 e. The van der Waals surface area contributed by atoms with Crippen molar-refractivity contribution >= 4 is 18.2 Å². The van der Waals surface area contributed by atoms with Crippen LogP contribution in [-0.4, -0.2) is 24.8 Å². The summed E-state index contributed by atoms with van der Waals surface area (Å²) in [5, 5.41) is 0. The highest BCUT2D eigenvalue weighted by Gasteiger charge is 2.16. The first-order valence-corrected chi connectivity index (χ1v) is 6.56. The zero-order valence-electron chi connectivity index (χ0n) is 11.9. The van der Waals surface area contributed by atoms with Gasteiger partial charge in [0, 0.05) is 11.5 Å². The van der Waals surface area contributed by atoms with Crippen LogP contribution >= 0.6 is 0 Å². The number of aldehydes is 1. The fourth-order valence-corrected chi connectivity index (χ4v) is 1.52. The molecule has 21 heavy (non-hydrogen) atoms. The van der Waals surface area contributed by atoms with Gasteiger partial charge in [0.1, 0.15) is 12.0 Å². The molecule has 0 aliphatic carbocycles. The molecule has 0 spiro atoms. The highest BCUT2D eigenvalue weighted by Crippen LogP contribution is 2.13. The van der Waals surface area contributed by atoms with Crippen molar-refractivity contribution in [2.45, 2.75) is 19.8 Å². The Morgan fingerprint density at radius 2 is 1.95 bits per heavy atom. The molecule has 1 rings (SSSR count). The Labute approximate surface area is 123 Å². The molecule has 0 fully saturated rings. The van der Waals surface area contributed by atoms with Gasteiger partial charge in [-0.2, -0.15) is 0 Å². The Morgan fingerprint density at radius 1 is 1.29 bits per heavy atom. The normalized spacial score (nSPS) is 11.3. The minimum atomic E-state index is -0.542. The molecule has 0 N–H and O–H groups in total. The second kappa shape index (κ2) is 8.68. The summed E-state index contributed by atoms with van der Waals surface area (Å²) in [6.07, 6.45) is 0.885. The van der Waals surface area contributed by atoms with Crippen molar-refractivity contribution in [1.29, 1.82) is 0 Å². The predicted octanol–water partition coefficient (Wildman–Crippen LogP) is 2.31. The third kappa shape index (κ3) is 6.51. The van der Waals surface area contributed by atoms with Gasteiger partial charge in [0.15, 0.2) is 0 Å². The smallest absolute Gasteiger partial charge is 0.333 e. The number of esters is 2. The number of benzene rings is 1. The van der Waals surface area contributed by atoms with Crippen molar-refractivity contribution in [3.8, 4) is 5.75 Å². The van der Waals surface area contributed by atoms with Crippen molar-refractivity contribution in [3.63, 3.8) is 0 Å². The summed E-state index contributed by atoms with van der Waals surface area (Å²) in [4.78, 5) is 33.8. The molecule has 0 aromatic heterocycles. The summed E-state index contributed by atoms with van der Waals surface area (Å²) < 4.78 is 9.98. The number of carbonyl (C=O) groups excluding carboxylic acids is 3. The first-order chi connectivity index (χ1) is 10.0. The number of para-hydroxylation sites is 1. The maximum atomic E-state index is 11.7. The summed E-state index contributed by atoms with van der Waals surface area (Å²) in [5.74, 6) is -1.11. The van der Waals surface area contributed by atoms with Gasteiger partial charge in [-0.1, -0.05) is 24.8 Å². The van der Waals surface area contributed by atoms with Crippen molar-refractivity contribution in [3.05, 3.63) is 42.5 Å². The van der Waals surface area contributed by atoms with Gasteiger partial charge >= 0.3 is 11.9 Å². The minimum Gasteiger partial charge on any atom is -0.462 e. The molecule has 5 heteroatoms. The molecule has 0 heterocycles. The Balaban J connectivity index is 2.36. The summed E-state index contributed by atoms with van der Waals surface area (Å²) >= 11 is 0. The fourth-order valence-electron chi connectivity index (χ4n) is 1.52. The molecular weight excluding hydrogens is 272 g/mol. The van der Waals surface area contributed by atoms with E-state index in [4.69, 9.17) is 9.47 Å². The third-order valence-corrected chi connectivity index (χ3v) is 2.67. The molecule has 0 saturated carbocycles. The Kier molecular flexibility index (Phi) is 6.87. The first-order valence-electron chi connectivity index (χ1n) is 6.56. The zero-order chi connectivity index (χ0) is 15.7. The fraction of sp³-hybridized carbons (Fsp3) is 0.312. The molecule has 1 aromatic carbocycles. The molecule has 0 saturated heterocycles. The van der Waals surface area contributed by atoms with Crippen LogP contribution < -0.4 is 4.74 Å². The maximum absolute atomic E-state index is 11.7. The van der Waals surface area contributed by atoms with Gasteiger partial charge in [-0.15, -0.1) is 0 Å². The van der Waals surface area contributed by atoms with Crippen LogP contribution in [0.2, 0.25) is 0 Å². The van der Waals surface area contributed by atoms with E-state index in [9.17, 15) is 14.4 Å². The van der Waals surface area contributed by atoms with Crippen LogP contribution in [-0.2, 0) is 19.1 Å². The average molecular weight is 290 g/mol. The van der Waals surface area contributed by atoms with E-state index >= 15 is 0 Å². The Morgan fingerprint density at radius 3 is 2.52 bits per heavy atom. The molecule has 5 nitrogen and oxygen atoms in total. The molecule has 0 radical (unpaired) electrons. The number of hydrogen-bond donors (Lipinski definition) is 0. The van der Waals surface area contributed by atoms with Crippen molar-refractivity contribution in [2.24, 2.45) is 5.92 Å². The molecule has 0 aliphatic rings. The van der Waals surface area contributed by atoms with Gasteiger partial charge in [0.05, 0.1) is 13.0 Å². The number of hydrogen-bond acceptors (Lipinski definition) is 5. The van der Waals surface area contributed by atoms with E-state index in [2.05, 4.69) is 6.58 Å². The summed E-state index contributed by atoms with van der Waals surface area (Å²) in [6, 6.07) is 8.61. The van der Waals surface area contributed by atoms with E-state index in [0.717, 1.165) is 0 Å². The number of ether oxygens (including phenoxy) is 2. The van der Waals surface area contributed by atoms with Gasteiger partial charge in [-0.3, -0.25) is 4.79 Å². The molecule has 1 aromatic rings. The minimum absolute atomic E-state index is 0.0526. The molecular formula is C16H18O5. The van der Waals surface area contributed by atoms with Crippen LogP contribution in [0.3, 0.4) is 0 Å². The lowest BCUT2D eigenvalue weighted by Crippen LogP contribution is -2.17. The van der Waals surface area contributed by atoms with Crippen LogP contribution in [0.5, 0.6) is 5.75 Å². The van der Waals surface area contributed by atoms with Crippen LogP contribution in [0.4, 0.5) is 0 Å². The van der Waals surface area contributed by atoms with Gasteiger partial charge in [0.25, 0.3) is 0 Å². The van der Waals surface area contributed by atoms with Crippen LogP contribution in [0.15, 0.2) is 42.5 Å². The molecule has 112 valence electrons. The van der Waals surface area contributed by atoms with Gasteiger partial charge < -0.3 is 14.3 Å². The van der Waals surface area contributed by atoms with E-state index in [1.165, 1.54) is 6.92 Å². The Bertz CT molecular complexity index is 507. The van der Waals surface area contributed by atoms with E-state index < -0.39 is 17.9 Å². The van der Waals surface area contributed by atoms with Gasteiger partial charge in [0.2, 0.25) is 0 Å². The third-order valence-electron chi connectivity index (χ3n) is 2.67. The molecule has 1 atom stereocenters. The lowest BCUT2D eigenvalue weighted by atomic mass is 10.0. The van der Waals surface area contributed by atoms with Crippen molar-refractivity contribution in [2.75, 3.05) is 6.61 Å². The van der Waals surface area contributed by atoms with E-state index in [0.29, 0.717) is 17.6 Å². The monoisotopic (exact) mass is 290 g/mol. The zero-order valence-corrected chi connectivity index (χ0v) is 11.9. The van der Waals surface area contributed by atoms with Crippen LogP contribution in [0.25, 0.3) is 0 Å². The second-order valence-electron chi connectivity index (χ2n) is 4.59. The summed E-state index contributed by atoms with van der Waals surface area (Å²) in [6.45, 7) is 5.05. The van der Waals surface area contributed by atoms with Crippen LogP contribution in [0.1, 0.15) is 19.8 Å². The van der Waals surface area contributed by atoms with Crippen LogP contribution in [0, 0.1) is 5.92 Å². The standard InChI is InChI=1S/C16H18O5/c1-12(2)16(19)20-9-8-13(11-17)10-15(18)21-14-6-4-3-5-7-14/h3-7,11,13H,1,8-10H2,2H3. The largest absolute Gasteiger partial charge is 0.462 e. The highest BCUT2D eigenvalue weighted by molar-refractivity contribution is 5.86. The van der Waals surface area contributed by atoms with E-state index in [1.807, 2.05) is 6.07 Å². The van der Waals surface area contributed by atoms with Gasteiger partial charge in [-0.25, -0.2) is 4.79 Å². The van der Waals surface area contributed by atoms with Crippen molar-refractivity contribution < 1.29 is 23.9 Å². The van der Waals surface area contributed by atoms with Crippen molar-refractivity contribution in [1.82, 2.24) is 0 Å². The SMILES string of the molecule is C=C(C)C(=O)OCCC(C=O)CC(=O)Oc1ccccc1. The average Bonchev–Trinajstić information content (AvgIpc) is 2.46. The highest BCUT2D eigenvalue weighted by atomic mass is 16.5. The molecule has 0 aliphatic heterocycles. The van der Waals surface area contributed by atoms with E-state index in [1.54, 1.807) is 24.3 Å². The second-order valence-corrected chi connectivity index (χ2v) is 4.59. The first kappa shape index (κ1) is 16.6. The predicted molar refractivity (Wildman–Crippen MR) is 76.6 cm³/mol. The quantitative estimate of drug-likeness (QED) is 0.318. The van der Waals surface area contributed by atoms with E-state index in [-0.39, 0.29) is 19.4 Å². The number of carbonyl (C=O) groups is 3. The topological polar surface area (TPSA) is 69.7 Å². The summed E-state index contributed by atoms with van der Waals surface area (Å²) in [5.41, 5.74) is 0.293. The molecule has 0 bridgehead atoms. The number of rotatable bonds is 8. The Hall–Kier alpha value is -2.43.